The molecule has 0 aliphatic carbocycles. The van der Waals surface area contributed by atoms with Gasteiger partial charge in [0.25, 0.3) is 5.91 Å². The number of alkyl halides is 1. The van der Waals surface area contributed by atoms with E-state index in [-0.39, 0.29) is 11.3 Å². The Morgan fingerprint density at radius 2 is 2.50 bits per heavy atom. The predicted octanol–water partition coefficient (Wildman–Crippen LogP) is 0.873. The first-order valence-electron chi connectivity index (χ1n) is 4.59. The molecule has 0 saturated carbocycles. The zero-order valence-corrected chi connectivity index (χ0v) is 8.74. The average Bonchev–Trinajstić information content (AvgIpc) is 2.73. The Bertz CT molecular complexity index is 350. The number of carbonyl (C=O) groups is 1. The number of hydrogen-bond donors (Lipinski definition) is 0. The second-order valence-corrected chi connectivity index (χ2v) is 4.16. The first-order chi connectivity index (χ1) is 6.66. The third-order valence-electron chi connectivity index (χ3n) is 2.37. The second kappa shape index (κ2) is 3.61. The zero-order chi connectivity index (χ0) is 10.1. The molecular formula is C9H12ClN3O. The molecule has 4 nitrogen and oxygen atoms in total. The van der Waals surface area contributed by atoms with Gasteiger partial charge in [-0.15, -0.1) is 11.6 Å². The lowest BCUT2D eigenvalue weighted by Gasteiger charge is -2.13. The molecule has 2 rings (SSSR count). The van der Waals surface area contributed by atoms with Gasteiger partial charge in [-0.2, -0.15) is 5.10 Å². The first-order valence-corrected chi connectivity index (χ1v) is 5.02. The standard InChI is InChI=1S/C9H12ClN3O/c1-12-5-7(4-11-12)9(14)13-3-2-8(10)6-13/h4-5,8H,2-3,6H2,1H3. The lowest BCUT2D eigenvalue weighted by Crippen LogP contribution is -2.28. The molecule has 76 valence electrons. The van der Waals surface area contributed by atoms with Gasteiger partial charge < -0.3 is 4.90 Å². The second-order valence-electron chi connectivity index (χ2n) is 3.54. The van der Waals surface area contributed by atoms with E-state index in [0.29, 0.717) is 12.1 Å². The highest BCUT2D eigenvalue weighted by molar-refractivity contribution is 6.21. The number of aryl methyl sites for hydroxylation is 1. The molecule has 1 aromatic rings. The van der Waals surface area contributed by atoms with Crippen molar-refractivity contribution in [1.82, 2.24) is 14.7 Å². The van der Waals surface area contributed by atoms with Crippen molar-refractivity contribution in [2.24, 2.45) is 7.05 Å². The Labute approximate surface area is 87.4 Å². The topological polar surface area (TPSA) is 38.1 Å². The third-order valence-corrected chi connectivity index (χ3v) is 2.73. The maximum atomic E-state index is 11.8. The average molecular weight is 214 g/mol. The molecule has 14 heavy (non-hydrogen) atoms. The maximum Gasteiger partial charge on any atom is 0.257 e. The summed E-state index contributed by atoms with van der Waals surface area (Å²) in [6.07, 6.45) is 4.20. The summed E-state index contributed by atoms with van der Waals surface area (Å²) >= 11 is 5.93. The van der Waals surface area contributed by atoms with Crippen LogP contribution in [0.2, 0.25) is 0 Å². The fraction of sp³-hybridized carbons (Fsp3) is 0.556. The number of nitrogens with zero attached hydrogens (tertiary/aromatic N) is 3. The number of aromatic nitrogens is 2. The molecule has 2 heterocycles. The van der Waals surface area contributed by atoms with E-state index in [1.54, 1.807) is 29.0 Å². The van der Waals surface area contributed by atoms with Crippen LogP contribution >= 0.6 is 11.6 Å². The SMILES string of the molecule is Cn1cc(C(=O)N2CCC(Cl)C2)cn1. The fourth-order valence-corrected chi connectivity index (χ4v) is 1.88. The van der Waals surface area contributed by atoms with Gasteiger partial charge >= 0.3 is 0 Å². The summed E-state index contributed by atoms with van der Waals surface area (Å²) < 4.78 is 1.63. The van der Waals surface area contributed by atoms with Gasteiger partial charge in [0.2, 0.25) is 0 Å². The van der Waals surface area contributed by atoms with Crippen LogP contribution in [0.4, 0.5) is 0 Å². The van der Waals surface area contributed by atoms with E-state index in [1.807, 2.05) is 0 Å². The highest BCUT2D eigenvalue weighted by atomic mass is 35.5. The summed E-state index contributed by atoms with van der Waals surface area (Å²) in [5.41, 5.74) is 0.637. The van der Waals surface area contributed by atoms with Crippen molar-refractivity contribution in [2.75, 3.05) is 13.1 Å². The number of carbonyl (C=O) groups excluding carboxylic acids is 1. The van der Waals surface area contributed by atoms with Crippen LogP contribution in [-0.2, 0) is 7.05 Å². The highest BCUT2D eigenvalue weighted by Gasteiger charge is 2.25. The zero-order valence-electron chi connectivity index (χ0n) is 7.98. The maximum absolute atomic E-state index is 11.8. The largest absolute Gasteiger partial charge is 0.337 e. The quantitative estimate of drug-likeness (QED) is 0.650. The van der Waals surface area contributed by atoms with Gasteiger partial charge in [0.05, 0.1) is 17.1 Å². The minimum Gasteiger partial charge on any atom is -0.337 e. The summed E-state index contributed by atoms with van der Waals surface area (Å²) in [7, 11) is 1.80. The van der Waals surface area contributed by atoms with Crippen LogP contribution in [0.15, 0.2) is 12.4 Å². The van der Waals surface area contributed by atoms with E-state index in [1.165, 1.54) is 0 Å². The van der Waals surface area contributed by atoms with Gasteiger partial charge in [-0.3, -0.25) is 9.48 Å². The van der Waals surface area contributed by atoms with Crippen LogP contribution in [0.3, 0.4) is 0 Å². The third kappa shape index (κ3) is 1.75. The molecule has 1 aliphatic rings. The van der Waals surface area contributed by atoms with E-state index in [0.717, 1.165) is 13.0 Å². The molecule has 0 bridgehead atoms. The van der Waals surface area contributed by atoms with Gasteiger partial charge in [0, 0.05) is 26.3 Å². The normalized spacial score (nSPS) is 21.6. The molecule has 1 unspecified atom stereocenters. The fourth-order valence-electron chi connectivity index (χ4n) is 1.62. The molecule has 5 heteroatoms. The number of hydrogen-bond acceptors (Lipinski definition) is 2. The number of likely N-dealkylation sites (tertiary alicyclic amines) is 1. The molecule has 0 aromatic carbocycles. The number of amides is 1. The van der Waals surface area contributed by atoms with Crippen LogP contribution in [0, 0.1) is 0 Å². The Morgan fingerprint density at radius 1 is 1.71 bits per heavy atom. The van der Waals surface area contributed by atoms with E-state index in [4.69, 9.17) is 11.6 Å². The first kappa shape index (κ1) is 9.52. The van der Waals surface area contributed by atoms with Crippen molar-refractivity contribution >= 4 is 17.5 Å². The molecule has 1 saturated heterocycles. The van der Waals surface area contributed by atoms with Gasteiger partial charge in [0.15, 0.2) is 0 Å². The number of halogens is 1. The van der Waals surface area contributed by atoms with E-state index in [9.17, 15) is 4.79 Å². The Hall–Kier alpha value is -1.03. The van der Waals surface area contributed by atoms with Gasteiger partial charge in [-0.1, -0.05) is 0 Å². The van der Waals surface area contributed by atoms with Crippen molar-refractivity contribution < 1.29 is 4.79 Å². The van der Waals surface area contributed by atoms with Crippen LogP contribution in [0.25, 0.3) is 0 Å². The number of rotatable bonds is 1. The van der Waals surface area contributed by atoms with Gasteiger partial charge in [-0.05, 0) is 6.42 Å². The summed E-state index contributed by atoms with van der Waals surface area (Å²) in [6, 6.07) is 0. The lowest BCUT2D eigenvalue weighted by molar-refractivity contribution is 0.0793. The van der Waals surface area contributed by atoms with Crippen LogP contribution in [0.1, 0.15) is 16.8 Å². The van der Waals surface area contributed by atoms with Crippen molar-refractivity contribution in [1.29, 1.82) is 0 Å². The molecule has 1 atom stereocenters. The van der Waals surface area contributed by atoms with Crippen molar-refractivity contribution in [3.8, 4) is 0 Å². The van der Waals surface area contributed by atoms with Crippen LogP contribution in [0.5, 0.6) is 0 Å². The summed E-state index contributed by atoms with van der Waals surface area (Å²) in [5, 5.41) is 4.07. The van der Waals surface area contributed by atoms with Gasteiger partial charge in [-0.25, -0.2) is 0 Å². The molecular weight excluding hydrogens is 202 g/mol. The molecule has 0 radical (unpaired) electrons. The van der Waals surface area contributed by atoms with E-state index >= 15 is 0 Å². The van der Waals surface area contributed by atoms with Gasteiger partial charge in [0.1, 0.15) is 0 Å². The van der Waals surface area contributed by atoms with Crippen molar-refractivity contribution in [2.45, 2.75) is 11.8 Å². The van der Waals surface area contributed by atoms with Crippen molar-refractivity contribution in [3.63, 3.8) is 0 Å². The van der Waals surface area contributed by atoms with E-state index < -0.39 is 0 Å². The minimum atomic E-state index is 0.0289. The Morgan fingerprint density at radius 3 is 3.00 bits per heavy atom. The molecule has 0 N–H and O–H groups in total. The molecule has 1 fully saturated rings. The Balaban J connectivity index is 2.09. The lowest BCUT2D eigenvalue weighted by atomic mass is 10.3. The van der Waals surface area contributed by atoms with Crippen LogP contribution < -0.4 is 0 Å². The summed E-state index contributed by atoms with van der Waals surface area (Å²) in [4.78, 5) is 13.6. The highest BCUT2D eigenvalue weighted by Crippen LogP contribution is 2.16. The van der Waals surface area contributed by atoms with E-state index in [2.05, 4.69) is 5.10 Å². The predicted molar refractivity (Wildman–Crippen MR) is 53.4 cm³/mol. The molecule has 0 spiro atoms. The molecule has 1 aromatic heterocycles. The summed E-state index contributed by atoms with van der Waals surface area (Å²) in [5.74, 6) is 0.0289. The van der Waals surface area contributed by atoms with Crippen molar-refractivity contribution in [3.05, 3.63) is 18.0 Å². The van der Waals surface area contributed by atoms with Crippen LogP contribution in [-0.4, -0.2) is 39.1 Å². The molecule has 1 amide bonds. The smallest absolute Gasteiger partial charge is 0.257 e. The summed E-state index contributed by atoms with van der Waals surface area (Å²) in [6.45, 7) is 1.40. The monoisotopic (exact) mass is 213 g/mol. The Kier molecular flexibility index (Phi) is 2.46. The minimum absolute atomic E-state index is 0.0289. The molecule has 1 aliphatic heterocycles.